The van der Waals surface area contributed by atoms with Crippen LogP contribution < -0.4 is 10.6 Å². The Kier molecular flexibility index (Phi) is 3.49. The monoisotopic (exact) mass is 273 g/mol. The molecule has 0 saturated carbocycles. The molecule has 1 unspecified atom stereocenters. The molecule has 1 aliphatic rings. The van der Waals surface area contributed by atoms with E-state index in [1.165, 1.54) is 12.3 Å². The van der Waals surface area contributed by atoms with Crippen LogP contribution >= 0.6 is 0 Å². The van der Waals surface area contributed by atoms with Crippen molar-refractivity contribution < 1.29 is 18.0 Å². The van der Waals surface area contributed by atoms with Gasteiger partial charge in [0.15, 0.2) is 5.41 Å². The van der Waals surface area contributed by atoms with E-state index in [0.29, 0.717) is 0 Å². The summed E-state index contributed by atoms with van der Waals surface area (Å²) in [5, 5.41) is 4.90. The van der Waals surface area contributed by atoms with Gasteiger partial charge in [0, 0.05) is 12.2 Å². The van der Waals surface area contributed by atoms with Gasteiger partial charge in [0.1, 0.15) is 0 Å². The van der Waals surface area contributed by atoms with E-state index in [2.05, 4.69) is 15.6 Å². The SMILES string of the molecule is Cc1ccc(NC(=O)C2(C(F)(F)F)CCNC2)cn1. The zero-order valence-corrected chi connectivity index (χ0v) is 10.3. The number of hydrogen-bond acceptors (Lipinski definition) is 3. The van der Waals surface area contributed by atoms with E-state index in [0.717, 1.165) is 5.69 Å². The number of pyridine rings is 1. The van der Waals surface area contributed by atoms with E-state index in [-0.39, 0.29) is 25.2 Å². The third kappa shape index (κ3) is 2.56. The molecule has 0 aromatic carbocycles. The summed E-state index contributed by atoms with van der Waals surface area (Å²) in [7, 11) is 0. The fourth-order valence-corrected chi connectivity index (χ4v) is 2.05. The van der Waals surface area contributed by atoms with E-state index >= 15 is 0 Å². The summed E-state index contributed by atoms with van der Waals surface area (Å²) < 4.78 is 39.4. The molecule has 104 valence electrons. The number of nitrogens with one attached hydrogen (secondary N) is 2. The fourth-order valence-electron chi connectivity index (χ4n) is 2.05. The minimum Gasteiger partial charge on any atom is -0.324 e. The molecule has 1 fully saturated rings. The standard InChI is InChI=1S/C12H14F3N3O/c1-8-2-3-9(6-17-8)18-10(19)11(12(13,14)15)4-5-16-7-11/h2-3,6,16H,4-5,7H2,1H3,(H,18,19). The predicted octanol–water partition coefficient (Wildman–Crippen LogP) is 1.87. The van der Waals surface area contributed by atoms with Crippen molar-refractivity contribution in [2.45, 2.75) is 19.5 Å². The molecule has 2 N–H and O–H groups in total. The molecule has 4 nitrogen and oxygen atoms in total. The van der Waals surface area contributed by atoms with Gasteiger partial charge in [-0.25, -0.2) is 0 Å². The van der Waals surface area contributed by atoms with Gasteiger partial charge in [0.05, 0.1) is 11.9 Å². The molecule has 1 amide bonds. The number of rotatable bonds is 2. The van der Waals surface area contributed by atoms with Gasteiger partial charge < -0.3 is 10.6 Å². The minimum absolute atomic E-state index is 0.180. The Morgan fingerprint density at radius 1 is 1.47 bits per heavy atom. The third-order valence-corrected chi connectivity index (χ3v) is 3.30. The molecule has 1 saturated heterocycles. The number of aryl methyl sites for hydroxylation is 1. The van der Waals surface area contributed by atoms with Crippen LogP contribution in [0.3, 0.4) is 0 Å². The topological polar surface area (TPSA) is 54.0 Å². The molecule has 7 heteroatoms. The average molecular weight is 273 g/mol. The van der Waals surface area contributed by atoms with Crippen molar-refractivity contribution in [3.8, 4) is 0 Å². The Bertz CT molecular complexity index is 464. The second-order valence-electron chi connectivity index (χ2n) is 4.65. The summed E-state index contributed by atoms with van der Waals surface area (Å²) in [4.78, 5) is 15.9. The zero-order chi connectivity index (χ0) is 14.1. The fraction of sp³-hybridized carbons (Fsp3) is 0.500. The summed E-state index contributed by atoms with van der Waals surface area (Å²) >= 11 is 0. The molecule has 0 aliphatic carbocycles. The second kappa shape index (κ2) is 4.80. The lowest BCUT2D eigenvalue weighted by molar-refractivity contribution is -0.213. The van der Waals surface area contributed by atoms with E-state index in [4.69, 9.17) is 0 Å². The van der Waals surface area contributed by atoms with Crippen molar-refractivity contribution in [3.63, 3.8) is 0 Å². The van der Waals surface area contributed by atoms with Crippen LogP contribution in [0.1, 0.15) is 12.1 Å². The van der Waals surface area contributed by atoms with Crippen molar-refractivity contribution in [2.75, 3.05) is 18.4 Å². The Labute approximate surface area is 108 Å². The molecule has 0 radical (unpaired) electrons. The number of amides is 1. The summed E-state index contributed by atoms with van der Waals surface area (Å²) in [6.07, 6.45) is -3.47. The Hall–Kier alpha value is -1.63. The second-order valence-corrected chi connectivity index (χ2v) is 4.65. The van der Waals surface area contributed by atoms with Crippen LogP contribution in [0.25, 0.3) is 0 Å². The van der Waals surface area contributed by atoms with Gasteiger partial charge in [-0.15, -0.1) is 0 Å². The van der Waals surface area contributed by atoms with Crippen LogP contribution in [0.15, 0.2) is 18.3 Å². The van der Waals surface area contributed by atoms with Gasteiger partial charge in [0.25, 0.3) is 0 Å². The summed E-state index contributed by atoms with van der Waals surface area (Å²) in [5.41, 5.74) is -1.35. The molecule has 0 bridgehead atoms. The predicted molar refractivity (Wildman–Crippen MR) is 63.6 cm³/mol. The minimum atomic E-state index is -4.57. The quantitative estimate of drug-likeness (QED) is 0.865. The molecular weight excluding hydrogens is 259 g/mol. The van der Waals surface area contributed by atoms with Gasteiger partial charge in [-0.05, 0) is 32.0 Å². The molecule has 1 aliphatic heterocycles. The van der Waals surface area contributed by atoms with E-state index in [1.54, 1.807) is 13.0 Å². The smallest absolute Gasteiger partial charge is 0.324 e. The molecule has 1 atom stereocenters. The molecule has 0 spiro atoms. The van der Waals surface area contributed by atoms with Gasteiger partial charge in [-0.2, -0.15) is 13.2 Å². The van der Waals surface area contributed by atoms with Gasteiger partial charge in [0.2, 0.25) is 5.91 Å². The van der Waals surface area contributed by atoms with Crippen LogP contribution in [-0.2, 0) is 4.79 Å². The normalized spacial score (nSPS) is 23.4. The molecule has 2 rings (SSSR count). The number of hydrogen-bond donors (Lipinski definition) is 2. The zero-order valence-electron chi connectivity index (χ0n) is 10.3. The lowest BCUT2D eigenvalue weighted by Crippen LogP contribution is -2.49. The van der Waals surface area contributed by atoms with Crippen LogP contribution in [0, 0.1) is 12.3 Å². The number of carbonyl (C=O) groups is 1. The summed E-state index contributed by atoms with van der Waals surface area (Å²) in [5.74, 6) is -1.03. The van der Waals surface area contributed by atoms with Crippen LogP contribution in [-0.4, -0.2) is 30.2 Å². The highest BCUT2D eigenvalue weighted by Gasteiger charge is 2.61. The number of aromatic nitrogens is 1. The molecule has 2 heterocycles. The van der Waals surface area contributed by atoms with Crippen LogP contribution in [0.2, 0.25) is 0 Å². The highest BCUT2D eigenvalue weighted by molar-refractivity contribution is 5.96. The first-order valence-corrected chi connectivity index (χ1v) is 5.87. The van der Waals surface area contributed by atoms with E-state index in [9.17, 15) is 18.0 Å². The van der Waals surface area contributed by atoms with E-state index < -0.39 is 17.5 Å². The number of anilines is 1. The lowest BCUT2D eigenvalue weighted by atomic mass is 9.85. The van der Waals surface area contributed by atoms with Crippen LogP contribution in [0.5, 0.6) is 0 Å². The first-order chi connectivity index (χ1) is 8.85. The van der Waals surface area contributed by atoms with Crippen molar-refractivity contribution in [3.05, 3.63) is 24.0 Å². The largest absolute Gasteiger partial charge is 0.404 e. The highest BCUT2D eigenvalue weighted by Crippen LogP contribution is 2.43. The molecule has 1 aromatic heterocycles. The highest BCUT2D eigenvalue weighted by atomic mass is 19.4. The Balaban J connectivity index is 2.19. The number of carbonyl (C=O) groups excluding carboxylic acids is 1. The van der Waals surface area contributed by atoms with Crippen molar-refractivity contribution in [2.24, 2.45) is 5.41 Å². The maximum Gasteiger partial charge on any atom is 0.404 e. The first-order valence-electron chi connectivity index (χ1n) is 5.87. The van der Waals surface area contributed by atoms with Crippen molar-refractivity contribution in [1.29, 1.82) is 0 Å². The Morgan fingerprint density at radius 2 is 2.21 bits per heavy atom. The summed E-state index contributed by atoms with van der Waals surface area (Å²) in [6, 6.07) is 3.16. The van der Waals surface area contributed by atoms with Gasteiger partial charge in [-0.1, -0.05) is 0 Å². The lowest BCUT2D eigenvalue weighted by Gasteiger charge is -2.29. The molecule has 1 aromatic rings. The van der Waals surface area contributed by atoms with Crippen LogP contribution in [0.4, 0.5) is 18.9 Å². The maximum atomic E-state index is 13.1. The first kappa shape index (κ1) is 13.8. The third-order valence-electron chi connectivity index (χ3n) is 3.30. The molecule has 19 heavy (non-hydrogen) atoms. The number of nitrogens with zero attached hydrogens (tertiary/aromatic N) is 1. The van der Waals surface area contributed by atoms with E-state index in [1.807, 2.05) is 0 Å². The van der Waals surface area contributed by atoms with Gasteiger partial charge in [-0.3, -0.25) is 9.78 Å². The summed E-state index contributed by atoms with van der Waals surface area (Å²) in [6.45, 7) is 1.55. The van der Waals surface area contributed by atoms with Crippen molar-refractivity contribution in [1.82, 2.24) is 10.3 Å². The average Bonchev–Trinajstić information content (AvgIpc) is 2.82. The number of alkyl halides is 3. The van der Waals surface area contributed by atoms with Gasteiger partial charge >= 0.3 is 6.18 Å². The Morgan fingerprint density at radius 3 is 2.68 bits per heavy atom. The van der Waals surface area contributed by atoms with Crippen molar-refractivity contribution >= 4 is 11.6 Å². The molecular formula is C12H14F3N3O. The number of halogens is 3. The maximum absolute atomic E-state index is 13.1.